The van der Waals surface area contributed by atoms with Gasteiger partial charge in [0.2, 0.25) is 0 Å². The van der Waals surface area contributed by atoms with Gasteiger partial charge in [-0.25, -0.2) is 4.52 Å². The van der Waals surface area contributed by atoms with Crippen molar-refractivity contribution in [2.75, 3.05) is 6.54 Å². The van der Waals surface area contributed by atoms with Crippen molar-refractivity contribution in [3.05, 3.63) is 35.7 Å². The summed E-state index contributed by atoms with van der Waals surface area (Å²) in [4.78, 5) is 0. The highest BCUT2D eigenvalue weighted by Crippen LogP contribution is 2.20. The van der Waals surface area contributed by atoms with Crippen molar-refractivity contribution in [3.8, 4) is 0 Å². The first-order valence-electron chi connectivity index (χ1n) is 4.86. The maximum absolute atomic E-state index is 5.66. The van der Waals surface area contributed by atoms with Crippen molar-refractivity contribution in [2.24, 2.45) is 5.73 Å². The van der Waals surface area contributed by atoms with Gasteiger partial charge in [-0.1, -0.05) is 6.92 Å². The summed E-state index contributed by atoms with van der Waals surface area (Å²) >= 11 is 0. The fraction of sp³-hybridized carbons (Fsp3) is 0.364. The molecule has 0 radical (unpaired) electrons. The van der Waals surface area contributed by atoms with E-state index >= 15 is 0 Å². The maximum Gasteiger partial charge on any atom is 0.0699 e. The van der Waals surface area contributed by atoms with Crippen LogP contribution in [-0.4, -0.2) is 16.2 Å². The van der Waals surface area contributed by atoms with Crippen LogP contribution in [0.4, 0.5) is 0 Å². The van der Waals surface area contributed by atoms with Crippen LogP contribution in [0.3, 0.4) is 0 Å². The molecule has 0 fully saturated rings. The molecule has 1 atom stereocenters. The number of aromatic nitrogens is 2. The summed E-state index contributed by atoms with van der Waals surface area (Å²) in [5.74, 6) is 0.370. The Morgan fingerprint density at radius 1 is 1.57 bits per heavy atom. The summed E-state index contributed by atoms with van der Waals surface area (Å²) in [6.45, 7) is 4.87. The minimum Gasteiger partial charge on any atom is -0.330 e. The molecule has 74 valence electrons. The van der Waals surface area contributed by atoms with Gasteiger partial charge in [-0.2, -0.15) is 5.10 Å². The fourth-order valence-electron chi connectivity index (χ4n) is 1.61. The molecule has 0 spiro atoms. The van der Waals surface area contributed by atoms with E-state index in [2.05, 4.69) is 31.1 Å². The topological polar surface area (TPSA) is 43.3 Å². The van der Waals surface area contributed by atoms with Crippen LogP contribution in [0.25, 0.3) is 5.52 Å². The third kappa shape index (κ3) is 1.40. The summed E-state index contributed by atoms with van der Waals surface area (Å²) in [7, 11) is 0. The number of fused-ring (bicyclic) bond motifs is 1. The molecule has 0 amide bonds. The third-order valence-electron chi connectivity index (χ3n) is 2.59. The molecule has 0 aromatic carbocycles. The lowest BCUT2D eigenvalue weighted by molar-refractivity contribution is 0.780. The Morgan fingerprint density at radius 3 is 3.07 bits per heavy atom. The van der Waals surface area contributed by atoms with Crippen LogP contribution in [0.1, 0.15) is 24.0 Å². The minimum absolute atomic E-state index is 0.370. The Morgan fingerprint density at radius 2 is 2.36 bits per heavy atom. The molecule has 0 aliphatic heterocycles. The van der Waals surface area contributed by atoms with Gasteiger partial charge in [-0.3, -0.25) is 0 Å². The monoisotopic (exact) mass is 189 g/mol. The number of rotatable bonds is 2. The largest absolute Gasteiger partial charge is 0.330 e. The third-order valence-corrected chi connectivity index (χ3v) is 2.59. The van der Waals surface area contributed by atoms with Gasteiger partial charge in [0.25, 0.3) is 0 Å². The molecule has 2 heterocycles. The lowest BCUT2D eigenvalue weighted by Crippen LogP contribution is -2.08. The quantitative estimate of drug-likeness (QED) is 0.781. The summed E-state index contributed by atoms with van der Waals surface area (Å²) in [5.41, 5.74) is 9.31. The Balaban J connectivity index is 2.61. The van der Waals surface area contributed by atoms with Crippen LogP contribution in [0.2, 0.25) is 0 Å². The minimum atomic E-state index is 0.370. The van der Waals surface area contributed by atoms with Crippen molar-refractivity contribution < 1.29 is 0 Å². The Kier molecular flexibility index (Phi) is 2.25. The van der Waals surface area contributed by atoms with Crippen molar-refractivity contribution in [1.29, 1.82) is 0 Å². The molecule has 2 N–H and O–H groups in total. The predicted molar refractivity (Wildman–Crippen MR) is 57.4 cm³/mol. The van der Waals surface area contributed by atoms with Gasteiger partial charge in [-0.05, 0) is 37.1 Å². The van der Waals surface area contributed by atoms with E-state index in [-0.39, 0.29) is 0 Å². The van der Waals surface area contributed by atoms with Crippen LogP contribution >= 0.6 is 0 Å². The number of hydrogen-bond acceptors (Lipinski definition) is 2. The van der Waals surface area contributed by atoms with Crippen molar-refractivity contribution >= 4 is 5.52 Å². The zero-order chi connectivity index (χ0) is 10.1. The zero-order valence-electron chi connectivity index (χ0n) is 8.57. The van der Waals surface area contributed by atoms with E-state index in [1.54, 1.807) is 0 Å². The smallest absolute Gasteiger partial charge is 0.0699 e. The average molecular weight is 189 g/mol. The average Bonchev–Trinajstić information content (AvgIpc) is 2.59. The molecule has 3 heteroatoms. The second-order valence-electron chi connectivity index (χ2n) is 3.77. The van der Waals surface area contributed by atoms with Crippen LogP contribution < -0.4 is 5.73 Å². The van der Waals surface area contributed by atoms with Crippen LogP contribution in [0.5, 0.6) is 0 Å². The summed E-state index contributed by atoms with van der Waals surface area (Å²) in [6.07, 6.45) is 3.89. The highest BCUT2D eigenvalue weighted by molar-refractivity contribution is 5.56. The van der Waals surface area contributed by atoms with Crippen molar-refractivity contribution in [3.63, 3.8) is 0 Å². The van der Waals surface area contributed by atoms with Gasteiger partial charge in [0.1, 0.15) is 0 Å². The molecule has 2 aromatic heterocycles. The van der Waals surface area contributed by atoms with Crippen LogP contribution in [0.15, 0.2) is 24.5 Å². The molecule has 3 nitrogen and oxygen atoms in total. The van der Waals surface area contributed by atoms with E-state index in [1.807, 2.05) is 16.9 Å². The number of aryl methyl sites for hydroxylation is 1. The highest BCUT2D eigenvalue weighted by Gasteiger charge is 2.09. The lowest BCUT2D eigenvalue weighted by Gasteiger charge is -2.06. The first-order chi connectivity index (χ1) is 6.72. The molecule has 0 bridgehead atoms. The second-order valence-corrected chi connectivity index (χ2v) is 3.77. The first-order valence-corrected chi connectivity index (χ1v) is 4.86. The second kappa shape index (κ2) is 3.42. The van der Waals surface area contributed by atoms with Crippen LogP contribution in [-0.2, 0) is 0 Å². The fourth-order valence-corrected chi connectivity index (χ4v) is 1.61. The molecule has 0 aliphatic carbocycles. The molecular formula is C11H15N3. The molecule has 1 unspecified atom stereocenters. The van der Waals surface area contributed by atoms with E-state index in [1.165, 1.54) is 16.6 Å². The van der Waals surface area contributed by atoms with Gasteiger partial charge < -0.3 is 5.73 Å². The van der Waals surface area contributed by atoms with E-state index in [4.69, 9.17) is 5.73 Å². The van der Waals surface area contributed by atoms with Gasteiger partial charge in [0.15, 0.2) is 0 Å². The molecule has 14 heavy (non-hydrogen) atoms. The van der Waals surface area contributed by atoms with Gasteiger partial charge in [0.05, 0.1) is 11.7 Å². The van der Waals surface area contributed by atoms with Gasteiger partial charge in [0, 0.05) is 11.8 Å². The normalized spacial score (nSPS) is 13.4. The highest BCUT2D eigenvalue weighted by atomic mass is 15.2. The molecule has 0 aliphatic rings. The molecule has 0 saturated heterocycles. The summed E-state index contributed by atoms with van der Waals surface area (Å²) in [6, 6.07) is 4.20. The molecule has 2 aromatic rings. The maximum atomic E-state index is 5.66. The summed E-state index contributed by atoms with van der Waals surface area (Å²) in [5, 5.41) is 4.29. The molecule has 0 saturated carbocycles. The molecular weight excluding hydrogens is 174 g/mol. The zero-order valence-corrected chi connectivity index (χ0v) is 8.57. The van der Waals surface area contributed by atoms with Gasteiger partial charge >= 0.3 is 0 Å². The molecule has 2 rings (SSSR count). The van der Waals surface area contributed by atoms with Crippen molar-refractivity contribution in [1.82, 2.24) is 9.61 Å². The van der Waals surface area contributed by atoms with Gasteiger partial charge in [-0.15, -0.1) is 0 Å². The number of pyridine rings is 1. The predicted octanol–water partition coefficient (Wildman–Crippen LogP) is 1.70. The lowest BCUT2D eigenvalue weighted by atomic mass is 10.0. The van der Waals surface area contributed by atoms with Crippen LogP contribution in [0, 0.1) is 6.92 Å². The first kappa shape index (κ1) is 9.21. The van der Waals surface area contributed by atoms with E-state index < -0.39 is 0 Å². The SMILES string of the molecule is Cc1ccn2ncc(C(C)CN)c2c1. The van der Waals surface area contributed by atoms with E-state index in [0.717, 1.165) is 0 Å². The Hall–Kier alpha value is -1.35. The van der Waals surface area contributed by atoms with E-state index in [0.29, 0.717) is 12.5 Å². The van der Waals surface area contributed by atoms with Crippen molar-refractivity contribution in [2.45, 2.75) is 19.8 Å². The number of hydrogen-bond donors (Lipinski definition) is 1. The standard InChI is InChI=1S/C11H15N3/c1-8-3-4-14-11(5-8)10(7-13-14)9(2)6-12/h3-5,7,9H,6,12H2,1-2H3. The number of nitrogens with zero attached hydrogens (tertiary/aromatic N) is 2. The summed E-state index contributed by atoms with van der Waals surface area (Å²) < 4.78 is 1.90. The number of nitrogens with two attached hydrogens (primary N) is 1. The Bertz CT molecular complexity index is 445. The van der Waals surface area contributed by atoms with E-state index in [9.17, 15) is 0 Å². The Labute approximate surface area is 83.5 Å².